The number of carbonyl (C=O) groups excluding carboxylic acids is 2. The molecule has 0 unspecified atom stereocenters. The number of aliphatic hydroxyl groups excluding tert-OH is 1. The summed E-state index contributed by atoms with van der Waals surface area (Å²) in [6.45, 7) is 10.4. The molecule has 198 valence electrons. The van der Waals surface area contributed by atoms with Crippen LogP contribution in [0.15, 0.2) is 48.0 Å². The largest absolute Gasteiger partial charge is 0.507 e. The van der Waals surface area contributed by atoms with Gasteiger partial charge >= 0.3 is 0 Å². The van der Waals surface area contributed by atoms with Gasteiger partial charge in [0.1, 0.15) is 17.3 Å². The zero-order chi connectivity index (χ0) is 26.5. The Morgan fingerprint density at radius 2 is 1.86 bits per heavy atom. The molecule has 7 nitrogen and oxygen atoms in total. The van der Waals surface area contributed by atoms with Crippen LogP contribution in [0.3, 0.4) is 0 Å². The first kappa shape index (κ1) is 26.8. The van der Waals surface area contributed by atoms with Gasteiger partial charge in [0.05, 0.1) is 31.4 Å². The van der Waals surface area contributed by atoms with Crippen molar-refractivity contribution in [3.05, 3.63) is 70.5 Å². The molecule has 1 atom stereocenters. The Morgan fingerprint density at radius 3 is 2.54 bits per heavy atom. The van der Waals surface area contributed by atoms with Crippen LogP contribution < -0.4 is 4.74 Å². The van der Waals surface area contributed by atoms with E-state index in [-0.39, 0.29) is 23.4 Å². The van der Waals surface area contributed by atoms with Crippen LogP contribution in [0.4, 0.5) is 4.39 Å². The number of nitrogens with zero attached hydrogens (tertiary/aromatic N) is 2. The van der Waals surface area contributed by atoms with Crippen LogP contribution in [0.2, 0.25) is 0 Å². The van der Waals surface area contributed by atoms with Gasteiger partial charge in [-0.05, 0) is 49.1 Å². The topological polar surface area (TPSA) is 79.3 Å². The summed E-state index contributed by atoms with van der Waals surface area (Å²) in [5, 5.41) is 11.4. The van der Waals surface area contributed by atoms with Gasteiger partial charge < -0.3 is 19.5 Å². The lowest BCUT2D eigenvalue weighted by atomic mass is 9.93. The monoisotopic (exact) mass is 510 g/mol. The number of halogens is 1. The highest BCUT2D eigenvalue weighted by Gasteiger charge is 2.46. The van der Waals surface area contributed by atoms with Crippen molar-refractivity contribution in [3.63, 3.8) is 0 Å². The van der Waals surface area contributed by atoms with Gasteiger partial charge in [-0.25, -0.2) is 4.39 Å². The summed E-state index contributed by atoms with van der Waals surface area (Å²) >= 11 is 0. The lowest BCUT2D eigenvalue weighted by Gasteiger charge is -2.29. The van der Waals surface area contributed by atoms with Gasteiger partial charge in [-0.2, -0.15) is 0 Å². The Balaban J connectivity index is 1.67. The summed E-state index contributed by atoms with van der Waals surface area (Å²) in [6, 6.07) is 10.3. The summed E-state index contributed by atoms with van der Waals surface area (Å²) in [7, 11) is 0. The average Bonchev–Trinajstić information content (AvgIpc) is 3.13. The van der Waals surface area contributed by atoms with Gasteiger partial charge in [0, 0.05) is 37.3 Å². The molecule has 0 bridgehead atoms. The van der Waals surface area contributed by atoms with Crippen LogP contribution in [-0.2, 0) is 14.3 Å². The number of likely N-dealkylation sites (tertiary alicyclic amines) is 1. The maximum absolute atomic E-state index is 15.0. The number of aliphatic hydroxyl groups is 1. The van der Waals surface area contributed by atoms with Gasteiger partial charge in [-0.3, -0.25) is 14.5 Å². The quantitative estimate of drug-likeness (QED) is 0.308. The summed E-state index contributed by atoms with van der Waals surface area (Å²) in [4.78, 5) is 30.1. The third kappa shape index (κ3) is 6.02. The molecule has 37 heavy (non-hydrogen) atoms. The van der Waals surface area contributed by atoms with Crippen LogP contribution in [-0.4, -0.2) is 72.6 Å². The Hall–Kier alpha value is -3.23. The van der Waals surface area contributed by atoms with Crippen molar-refractivity contribution >= 4 is 17.4 Å². The Bertz CT molecular complexity index is 1170. The smallest absolute Gasteiger partial charge is 0.295 e. The minimum absolute atomic E-state index is 0.0968. The van der Waals surface area contributed by atoms with Crippen molar-refractivity contribution in [2.45, 2.75) is 33.2 Å². The van der Waals surface area contributed by atoms with Crippen LogP contribution in [0.25, 0.3) is 5.76 Å². The van der Waals surface area contributed by atoms with Crippen molar-refractivity contribution in [3.8, 4) is 5.75 Å². The van der Waals surface area contributed by atoms with Crippen LogP contribution in [0.5, 0.6) is 5.75 Å². The maximum atomic E-state index is 15.0. The molecule has 2 aromatic rings. The van der Waals surface area contributed by atoms with Crippen molar-refractivity contribution in [2.24, 2.45) is 5.92 Å². The molecule has 8 heteroatoms. The molecule has 2 aliphatic rings. The second-order valence-corrected chi connectivity index (χ2v) is 10.0. The number of carbonyl (C=O) groups is 2. The van der Waals surface area contributed by atoms with E-state index in [0.29, 0.717) is 49.0 Å². The van der Waals surface area contributed by atoms with E-state index < -0.39 is 23.5 Å². The molecule has 2 fully saturated rings. The summed E-state index contributed by atoms with van der Waals surface area (Å²) in [5.74, 6) is -1.38. The molecular formula is C29H35FN2O5. The summed E-state index contributed by atoms with van der Waals surface area (Å²) < 4.78 is 26.2. The van der Waals surface area contributed by atoms with E-state index >= 15 is 4.39 Å². The van der Waals surface area contributed by atoms with Crippen molar-refractivity contribution in [2.75, 3.05) is 46.0 Å². The fourth-order valence-electron chi connectivity index (χ4n) is 4.82. The third-order valence-electron chi connectivity index (χ3n) is 6.75. The number of hydrogen-bond donors (Lipinski definition) is 1. The summed E-state index contributed by atoms with van der Waals surface area (Å²) in [6.07, 6.45) is 0.610. The Kier molecular flexibility index (Phi) is 8.61. The zero-order valence-corrected chi connectivity index (χ0v) is 21.7. The molecule has 4 rings (SSSR count). The summed E-state index contributed by atoms with van der Waals surface area (Å²) in [5.41, 5.74) is 1.18. The first-order valence-electron chi connectivity index (χ1n) is 12.8. The molecule has 0 aromatic heterocycles. The molecule has 1 amide bonds. The van der Waals surface area contributed by atoms with E-state index in [4.69, 9.17) is 9.47 Å². The number of morpholine rings is 1. The number of ether oxygens (including phenoxy) is 2. The van der Waals surface area contributed by atoms with Crippen molar-refractivity contribution in [1.29, 1.82) is 0 Å². The number of rotatable bonds is 9. The Morgan fingerprint density at radius 1 is 1.14 bits per heavy atom. The second-order valence-electron chi connectivity index (χ2n) is 10.0. The maximum Gasteiger partial charge on any atom is 0.295 e. The number of amides is 1. The number of benzene rings is 2. The predicted octanol–water partition coefficient (Wildman–Crippen LogP) is 4.31. The van der Waals surface area contributed by atoms with E-state index in [1.165, 1.54) is 11.0 Å². The van der Waals surface area contributed by atoms with E-state index in [0.717, 1.165) is 19.6 Å². The van der Waals surface area contributed by atoms with Gasteiger partial charge in [0.25, 0.3) is 11.7 Å². The first-order valence-corrected chi connectivity index (χ1v) is 12.8. The molecule has 2 aliphatic heterocycles. The number of Topliss-reactive ketones (excluding diaryl/α,β-unsaturated/α-hetero) is 1. The highest BCUT2D eigenvalue weighted by molar-refractivity contribution is 6.46. The minimum atomic E-state index is -1.01. The molecule has 0 spiro atoms. The predicted molar refractivity (Wildman–Crippen MR) is 139 cm³/mol. The van der Waals surface area contributed by atoms with E-state index in [1.807, 2.05) is 0 Å². The SMILES string of the molecule is Cc1cc(OCC(C)C)ccc1C(O)=C1C(=O)C(=O)N(CCCN2CCOCC2)[C@H]1c1ccccc1F. The third-order valence-corrected chi connectivity index (χ3v) is 6.75. The van der Waals surface area contributed by atoms with E-state index in [1.54, 1.807) is 43.3 Å². The molecule has 2 aromatic carbocycles. The molecule has 0 aliphatic carbocycles. The normalized spacial score (nSPS) is 20.1. The first-order chi connectivity index (χ1) is 17.8. The molecule has 2 heterocycles. The lowest BCUT2D eigenvalue weighted by Crippen LogP contribution is -2.39. The second kappa shape index (κ2) is 11.9. The Labute approximate surface area is 217 Å². The van der Waals surface area contributed by atoms with Crippen LogP contribution >= 0.6 is 0 Å². The minimum Gasteiger partial charge on any atom is -0.507 e. The molecule has 1 N–H and O–H groups in total. The van der Waals surface area contributed by atoms with Gasteiger partial charge in [0.15, 0.2) is 0 Å². The fourth-order valence-corrected chi connectivity index (χ4v) is 4.82. The van der Waals surface area contributed by atoms with Crippen LogP contribution in [0.1, 0.15) is 43.0 Å². The van der Waals surface area contributed by atoms with E-state index in [9.17, 15) is 14.7 Å². The lowest BCUT2D eigenvalue weighted by molar-refractivity contribution is -0.140. The molecule has 0 saturated carbocycles. The number of aryl methyl sites for hydroxylation is 1. The van der Waals surface area contributed by atoms with Crippen LogP contribution in [0, 0.1) is 18.7 Å². The number of ketones is 1. The molecule has 0 radical (unpaired) electrons. The van der Waals surface area contributed by atoms with Gasteiger partial charge in [-0.15, -0.1) is 0 Å². The van der Waals surface area contributed by atoms with Crippen molar-refractivity contribution in [1.82, 2.24) is 9.80 Å². The number of hydrogen-bond acceptors (Lipinski definition) is 6. The van der Waals surface area contributed by atoms with E-state index in [2.05, 4.69) is 18.7 Å². The van der Waals surface area contributed by atoms with Gasteiger partial charge in [0.2, 0.25) is 0 Å². The van der Waals surface area contributed by atoms with Crippen molar-refractivity contribution < 1.29 is 28.6 Å². The standard InChI is InChI=1S/C29H35FN2O5/c1-19(2)18-37-21-9-10-22(20(3)17-21)27(33)25-26(23-7-4-5-8-24(23)30)32(29(35)28(25)34)12-6-11-31-13-15-36-16-14-31/h4-5,7-10,17,19,26,33H,6,11-16,18H2,1-3H3/t26-/m0/s1. The highest BCUT2D eigenvalue weighted by Crippen LogP contribution is 2.41. The molecule has 2 saturated heterocycles. The fraction of sp³-hybridized carbons (Fsp3) is 0.448. The zero-order valence-electron chi connectivity index (χ0n) is 21.7. The molecular weight excluding hydrogens is 475 g/mol. The highest BCUT2D eigenvalue weighted by atomic mass is 19.1. The average molecular weight is 511 g/mol. The van der Waals surface area contributed by atoms with Gasteiger partial charge in [-0.1, -0.05) is 32.0 Å².